The Morgan fingerprint density at radius 1 is 1.21 bits per heavy atom. The summed E-state index contributed by atoms with van der Waals surface area (Å²) in [6.45, 7) is 6.54. The van der Waals surface area contributed by atoms with Gasteiger partial charge in [-0.05, 0) is 38.3 Å². The number of hydrogen-bond acceptors (Lipinski definition) is 5. The molecule has 5 nitrogen and oxygen atoms in total. The summed E-state index contributed by atoms with van der Waals surface area (Å²) in [7, 11) is 0. The predicted molar refractivity (Wildman–Crippen MR) is 79.6 cm³/mol. The Bertz CT molecular complexity index is 426. The third-order valence-corrected chi connectivity index (χ3v) is 2.84. The molecule has 1 aromatic rings. The topological polar surface area (TPSA) is 53.9 Å². The van der Waals surface area contributed by atoms with E-state index in [1.807, 2.05) is 18.7 Å². The number of terminal acetylenes is 1. The Labute approximate surface area is 119 Å². The van der Waals surface area contributed by atoms with Gasteiger partial charge in [0, 0.05) is 26.1 Å². The lowest BCUT2D eigenvalue weighted by Gasteiger charge is -2.18. The molecule has 0 aliphatic rings. The summed E-state index contributed by atoms with van der Waals surface area (Å²) in [5.74, 6) is 3.74. The molecule has 1 N–H and O–H groups in total. The Balaban J connectivity index is 2.61. The van der Waals surface area contributed by atoms with E-state index in [0.717, 1.165) is 38.9 Å². The lowest BCUT2D eigenvalue weighted by atomic mass is 10.2. The van der Waals surface area contributed by atoms with E-state index < -0.39 is 0 Å². The Morgan fingerprint density at radius 3 is 2.58 bits per heavy atom. The van der Waals surface area contributed by atoms with Crippen molar-refractivity contribution in [2.45, 2.75) is 33.1 Å². The van der Waals surface area contributed by atoms with Crippen LogP contribution >= 0.6 is 11.6 Å². The highest BCUT2D eigenvalue weighted by atomic mass is 35.5. The van der Waals surface area contributed by atoms with Crippen LogP contribution < -0.4 is 10.2 Å². The molecular weight excluding hydrogens is 262 g/mol. The molecule has 0 amide bonds. The fraction of sp³-hybridized carbons (Fsp3) is 0.615. The second-order valence-corrected chi connectivity index (χ2v) is 4.33. The zero-order valence-electron chi connectivity index (χ0n) is 11.5. The molecule has 0 spiro atoms. The van der Waals surface area contributed by atoms with Gasteiger partial charge in [0.25, 0.3) is 0 Å². The van der Waals surface area contributed by atoms with Gasteiger partial charge in [-0.2, -0.15) is 15.0 Å². The number of hydrogen-bond donors (Lipinski definition) is 1. The van der Waals surface area contributed by atoms with Gasteiger partial charge in [-0.15, -0.1) is 12.3 Å². The smallest absolute Gasteiger partial charge is 0.231 e. The number of nitrogens with one attached hydrogen (secondary N) is 1. The largest absolute Gasteiger partial charge is 0.354 e. The molecule has 104 valence electrons. The van der Waals surface area contributed by atoms with Gasteiger partial charge < -0.3 is 10.2 Å². The summed E-state index contributed by atoms with van der Waals surface area (Å²) in [6, 6.07) is 0. The molecule has 0 bridgehead atoms. The van der Waals surface area contributed by atoms with E-state index in [9.17, 15) is 0 Å². The lowest BCUT2D eigenvalue weighted by Crippen LogP contribution is -2.25. The Kier molecular flexibility index (Phi) is 6.98. The third kappa shape index (κ3) is 5.31. The second-order valence-electron chi connectivity index (χ2n) is 3.99. The van der Waals surface area contributed by atoms with Crippen LogP contribution in [-0.2, 0) is 0 Å². The van der Waals surface area contributed by atoms with Crippen LogP contribution in [0.4, 0.5) is 11.9 Å². The van der Waals surface area contributed by atoms with E-state index >= 15 is 0 Å². The maximum atomic E-state index is 5.92. The molecule has 0 unspecified atom stereocenters. The molecule has 0 atom stereocenters. The first-order valence-electron chi connectivity index (χ1n) is 6.55. The number of halogens is 1. The summed E-state index contributed by atoms with van der Waals surface area (Å²) in [4.78, 5) is 14.6. The van der Waals surface area contributed by atoms with Crippen molar-refractivity contribution in [1.82, 2.24) is 15.0 Å². The molecule has 0 aromatic carbocycles. The van der Waals surface area contributed by atoms with Gasteiger partial charge in [-0.3, -0.25) is 0 Å². The van der Waals surface area contributed by atoms with Gasteiger partial charge in [0.2, 0.25) is 17.2 Å². The second kappa shape index (κ2) is 8.54. The van der Waals surface area contributed by atoms with Crippen molar-refractivity contribution in [3.05, 3.63) is 5.28 Å². The molecule has 0 saturated carbocycles. The number of rotatable bonds is 8. The standard InChI is InChI=1S/C13H20ClN5/c1-4-7-8-9-10-15-12-16-11(14)17-13(18-12)19(5-2)6-3/h1H,5-10H2,2-3H3,(H,15,16,17,18). The zero-order chi connectivity index (χ0) is 14.1. The average molecular weight is 282 g/mol. The van der Waals surface area contributed by atoms with Crippen LogP contribution in [0.1, 0.15) is 33.1 Å². The highest BCUT2D eigenvalue weighted by Crippen LogP contribution is 2.13. The van der Waals surface area contributed by atoms with Gasteiger partial charge in [0.05, 0.1) is 0 Å². The van der Waals surface area contributed by atoms with Crippen LogP contribution in [0.25, 0.3) is 0 Å². The number of unbranched alkanes of at least 4 members (excludes halogenated alkanes) is 2. The van der Waals surface area contributed by atoms with Gasteiger partial charge in [0.1, 0.15) is 0 Å². The molecule has 0 aliphatic heterocycles. The van der Waals surface area contributed by atoms with Crippen LogP contribution in [0.2, 0.25) is 5.28 Å². The fourth-order valence-corrected chi connectivity index (χ4v) is 1.77. The molecule has 19 heavy (non-hydrogen) atoms. The minimum absolute atomic E-state index is 0.211. The third-order valence-electron chi connectivity index (χ3n) is 2.67. The van der Waals surface area contributed by atoms with E-state index in [-0.39, 0.29) is 5.28 Å². The monoisotopic (exact) mass is 281 g/mol. The molecule has 1 rings (SSSR count). The van der Waals surface area contributed by atoms with Crippen molar-refractivity contribution in [2.75, 3.05) is 29.9 Å². The average Bonchev–Trinajstić information content (AvgIpc) is 2.39. The molecule has 0 fully saturated rings. The normalized spacial score (nSPS) is 10.0. The Hall–Kier alpha value is -1.54. The van der Waals surface area contributed by atoms with Crippen molar-refractivity contribution in [3.63, 3.8) is 0 Å². The molecule has 1 heterocycles. The summed E-state index contributed by atoms with van der Waals surface area (Å²) in [5.41, 5.74) is 0. The van der Waals surface area contributed by atoms with E-state index in [1.165, 1.54) is 0 Å². The Morgan fingerprint density at radius 2 is 1.95 bits per heavy atom. The van der Waals surface area contributed by atoms with E-state index in [0.29, 0.717) is 11.9 Å². The molecule has 0 aliphatic carbocycles. The maximum absolute atomic E-state index is 5.92. The van der Waals surface area contributed by atoms with Crippen LogP contribution in [0.15, 0.2) is 0 Å². The zero-order valence-corrected chi connectivity index (χ0v) is 12.2. The van der Waals surface area contributed by atoms with E-state index in [4.69, 9.17) is 18.0 Å². The summed E-state index contributed by atoms with van der Waals surface area (Å²) >= 11 is 5.92. The van der Waals surface area contributed by atoms with E-state index in [2.05, 4.69) is 26.2 Å². The summed E-state index contributed by atoms with van der Waals surface area (Å²) < 4.78 is 0. The molecule has 0 saturated heterocycles. The van der Waals surface area contributed by atoms with Crippen molar-refractivity contribution in [1.29, 1.82) is 0 Å². The molecule has 6 heteroatoms. The van der Waals surface area contributed by atoms with Crippen LogP contribution in [-0.4, -0.2) is 34.6 Å². The maximum Gasteiger partial charge on any atom is 0.231 e. The SMILES string of the molecule is C#CCCCCNc1nc(Cl)nc(N(CC)CC)n1. The van der Waals surface area contributed by atoms with Crippen LogP contribution in [0.5, 0.6) is 0 Å². The van der Waals surface area contributed by atoms with Crippen molar-refractivity contribution in [2.24, 2.45) is 0 Å². The van der Waals surface area contributed by atoms with Crippen LogP contribution in [0, 0.1) is 12.3 Å². The van der Waals surface area contributed by atoms with Gasteiger partial charge in [-0.1, -0.05) is 0 Å². The number of anilines is 2. The van der Waals surface area contributed by atoms with Gasteiger partial charge in [0.15, 0.2) is 0 Å². The fourth-order valence-electron chi connectivity index (χ4n) is 1.62. The highest BCUT2D eigenvalue weighted by molar-refractivity contribution is 6.28. The van der Waals surface area contributed by atoms with Gasteiger partial charge in [-0.25, -0.2) is 0 Å². The molecule has 1 aromatic heterocycles. The highest BCUT2D eigenvalue weighted by Gasteiger charge is 2.09. The lowest BCUT2D eigenvalue weighted by molar-refractivity contribution is 0.777. The van der Waals surface area contributed by atoms with Crippen molar-refractivity contribution >= 4 is 23.5 Å². The molecule has 0 radical (unpaired) electrons. The van der Waals surface area contributed by atoms with Gasteiger partial charge >= 0.3 is 0 Å². The minimum atomic E-state index is 0.211. The van der Waals surface area contributed by atoms with Crippen molar-refractivity contribution in [3.8, 4) is 12.3 Å². The minimum Gasteiger partial charge on any atom is -0.354 e. The first kappa shape index (κ1) is 15.5. The van der Waals surface area contributed by atoms with Crippen LogP contribution in [0.3, 0.4) is 0 Å². The number of aromatic nitrogens is 3. The first-order chi connectivity index (χ1) is 9.21. The summed E-state index contributed by atoms with van der Waals surface area (Å²) in [5, 5.41) is 3.36. The number of nitrogens with zero attached hydrogens (tertiary/aromatic N) is 4. The quantitative estimate of drug-likeness (QED) is 0.586. The summed E-state index contributed by atoms with van der Waals surface area (Å²) in [6.07, 6.45) is 7.97. The predicted octanol–water partition coefficient (Wildman–Crippen LogP) is 2.59. The van der Waals surface area contributed by atoms with E-state index in [1.54, 1.807) is 0 Å². The first-order valence-corrected chi connectivity index (χ1v) is 6.92. The van der Waals surface area contributed by atoms with Crippen molar-refractivity contribution < 1.29 is 0 Å². The molecular formula is C13H20ClN5.